The number of rotatable bonds is 6. The normalized spacial score (nSPS) is 15.3. The van der Waals surface area contributed by atoms with Crippen molar-refractivity contribution >= 4 is 5.91 Å². The molecule has 1 fully saturated rings. The molecule has 0 unspecified atom stereocenters. The number of hydrogen-bond donors (Lipinski definition) is 2. The molecule has 0 bridgehead atoms. The average molecular weight is 261 g/mol. The minimum absolute atomic E-state index is 0.158. The Balaban J connectivity index is 1.81. The minimum Gasteiger partial charge on any atom is -0.302 e. The summed E-state index contributed by atoms with van der Waals surface area (Å²) in [7, 11) is 2.17. The summed E-state index contributed by atoms with van der Waals surface area (Å²) in [5.74, 6) is 5.82. The Kier molecular flexibility index (Phi) is 4.93. The number of hydrogen-bond acceptors (Lipinski definition) is 3. The zero-order valence-corrected chi connectivity index (χ0v) is 11.6. The highest BCUT2D eigenvalue weighted by Gasteiger charge is 2.18. The first-order valence-corrected chi connectivity index (χ1v) is 6.93. The van der Waals surface area contributed by atoms with Crippen molar-refractivity contribution in [2.75, 3.05) is 13.6 Å². The first-order chi connectivity index (χ1) is 9.17. The lowest BCUT2D eigenvalue weighted by molar-refractivity contribution is -0.120. The van der Waals surface area contributed by atoms with Gasteiger partial charge in [-0.15, -0.1) is 0 Å². The Morgan fingerprint density at radius 2 is 1.95 bits per heavy atom. The summed E-state index contributed by atoms with van der Waals surface area (Å²) >= 11 is 0. The molecule has 0 heterocycles. The molecule has 19 heavy (non-hydrogen) atoms. The Morgan fingerprint density at radius 3 is 2.47 bits per heavy atom. The van der Waals surface area contributed by atoms with Gasteiger partial charge in [0.15, 0.2) is 0 Å². The second kappa shape index (κ2) is 6.68. The van der Waals surface area contributed by atoms with Crippen molar-refractivity contribution in [3.05, 3.63) is 35.4 Å². The maximum absolute atomic E-state index is 11.2. The van der Waals surface area contributed by atoms with Crippen molar-refractivity contribution in [1.29, 1.82) is 0 Å². The topological polar surface area (TPSA) is 58.4 Å². The van der Waals surface area contributed by atoms with E-state index >= 15 is 0 Å². The van der Waals surface area contributed by atoms with Crippen LogP contribution < -0.4 is 11.3 Å². The zero-order valence-electron chi connectivity index (χ0n) is 11.6. The van der Waals surface area contributed by atoms with Gasteiger partial charge in [0, 0.05) is 13.1 Å². The number of carbonyl (C=O) groups excluding carboxylic acids is 1. The lowest BCUT2D eigenvalue weighted by atomic mass is 9.85. The smallest absolute Gasteiger partial charge is 0.238 e. The summed E-state index contributed by atoms with van der Waals surface area (Å²) in [4.78, 5) is 13.5. The predicted molar refractivity (Wildman–Crippen MR) is 76.2 cm³/mol. The van der Waals surface area contributed by atoms with Gasteiger partial charge in [0.25, 0.3) is 0 Å². The van der Waals surface area contributed by atoms with Gasteiger partial charge >= 0.3 is 0 Å². The van der Waals surface area contributed by atoms with E-state index in [1.807, 2.05) is 12.1 Å². The predicted octanol–water partition coefficient (Wildman–Crippen LogP) is 1.45. The molecule has 4 heteroatoms. The van der Waals surface area contributed by atoms with Crippen molar-refractivity contribution in [1.82, 2.24) is 10.3 Å². The number of nitrogens with one attached hydrogen (secondary N) is 1. The van der Waals surface area contributed by atoms with Crippen LogP contribution in [0.4, 0.5) is 0 Å². The monoisotopic (exact) mass is 261 g/mol. The van der Waals surface area contributed by atoms with Gasteiger partial charge < -0.3 is 4.90 Å². The first-order valence-electron chi connectivity index (χ1n) is 6.93. The molecule has 104 valence electrons. The van der Waals surface area contributed by atoms with Gasteiger partial charge in [-0.25, -0.2) is 5.84 Å². The summed E-state index contributed by atoms with van der Waals surface area (Å²) in [6.07, 6.45) is 4.51. The molecule has 1 aliphatic rings. The summed E-state index contributed by atoms with van der Waals surface area (Å²) in [5, 5.41) is 0. The van der Waals surface area contributed by atoms with Crippen molar-refractivity contribution in [2.24, 2.45) is 11.8 Å². The van der Waals surface area contributed by atoms with Crippen molar-refractivity contribution in [3.8, 4) is 0 Å². The minimum atomic E-state index is -0.158. The molecule has 0 aromatic heterocycles. The summed E-state index contributed by atoms with van der Waals surface area (Å²) < 4.78 is 0. The molecule has 0 aliphatic heterocycles. The molecule has 0 spiro atoms. The summed E-state index contributed by atoms with van der Waals surface area (Å²) in [5.41, 5.74) is 4.43. The fourth-order valence-electron chi connectivity index (χ4n) is 2.49. The maximum Gasteiger partial charge on any atom is 0.238 e. The number of hydrazine groups is 1. The number of benzene rings is 1. The molecule has 1 aromatic rings. The van der Waals surface area contributed by atoms with Crippen LogP contribution in [0.15, 0.2) is 24.3 Å². The summed E-state index contributed by atoms with van der Waals surface area (Å²) in [6, 6.07) is 8.19. The molecular formula is C15H23N3O. The molecule has 1 aromatic carbocycles. The van der Waals surface area contributed by atoms with E-state index in [0.29, 0.717) is 6.42 Å². The number of nitrogens with zero attached hydrogens (tertiary/aromatic N) is 1. The van der Waals surface area contributed by atoms with E-state index < -0.39 is 0 Å². The lowest BCUT2D eigenvalue weighted by Gasteiger charge is -2.30. The van der Waals surface area contributed by atoms with E-state index in [-0.39, 0.29) is 5.91 Å². The third-order valence-electron chi connectivity index (χ3n) is 3.80. The van der Waals surface area contributed by atoms with Gasteiger partial charge in [-0.2, -0.15) is 0 Å². The van der Waals surface area contributed by atoms with Crippen LogP contribution >= 0.6 is 0 Å². The van der Waals surface area contributed by atoms with Crippen LogP contribution in [-0.4, -0.2) is 24.4 Å². The van der Waals surface area contributed by atoms with Crippen molar-refractivity contribution in [3.63, 3.8) is 0 Å². The maximum atomic E-state index is 11.2. The Morgan fingerprint density at radius 1 is 1.32 bits per heavy atom. The quantitative estimate of drug-likeness (QED) is 0.463. The third-order valence-corrected chi connectivity index (χ3v) is 3.80. The van der Waals surface area contributed by atoms with Gasteiger partial charge in [-0.1, -0.05) is 30.7 Å². The number of carbonyl (C=O) groups is 1. The number of amides is 1. The fraction of sp³-hybridized carbons (Fsp3) is 0.533. The molecule has 1 saturated carbocycles. The molecular weight excluding hydrogens is 238 g/mol. The van der Waals surface area contributed by atoms with Crippen LogP contribution in [0.25, 0.3) is 0 Å². The Bertz CT molecular complexity index is 412. The van der Waals surface area contributed by atoms with Gasteiger partial charge in [-0.3, -0.25) is 10.2 Å². The van der Waals surface area contributed by atoms with Gasteiger partial charge in [0.2, 0.25) is 5.91 Å². The van der Waals surface area contributed by atoms with Crippen LogP contribution in [0.5, 0.6) is 0 Å². The van der Waals surface area contributed by atoms with Gasteiger partial charge in [-0.05, 0) is 36.9 Å². The van der Waals surface area contributed by atoms with Gasteiger partial charge in [0.1, 0.15) is 0 Å². The van der Waals surface area contributed by atoms with Crippen LogP contribution in [0.1, 0.15) is 30.4 Å². The van der Waals surface area contributed by atoms with E-state index in [1.165, 1.54) is 31.4 Å². The average Bonchev–Trinajstić information content (AvgIpc) is 2.36. The number of nitrogens with two attached hydrogens (primary N) is 1. The standard InChI is InChI=1S/C15H23N3O/c1-18(10-13-3-2-4-13)11-14-7-5-12(6-8-14)9-15(19)17-16/h5-8,13H,2-4,9-11,16H2,1H3,(H,17,19). The summed E-state index contributed by atoms with van der Waals surface area (Å²) in [6.45, 7) is 2.16. The molecule has 2 rings (SSSR count). The van der Waals surface area contributed by atoms with Gasteiger partial charge in [0.05, 0.1) is 6.42 Å². The Hall–Kier alpha value is -1.39. The second-order valence-corrected chi connectivity index (χ2v) is 5.55. The molecule has 0 saturated heterocycles. The largest absolute Gasteiger partial charge is 0.302 e. The first kappa shape index (κ1) is 14.0. The van der Waals surface area contributed by atoms with Crippen LogP contribution in [0.3, 0.4) is 0 Å². The van der Waals surface area contributed by atoms with E-state index in [1.54, 1.807) is 0 Å². The molecule has 0 radical (unpaired) electrons. The zero-order chi connectivity index (χ0) is 13.7. The van der Waals surface area contributed by atoms with E-state index in [0.717, 1.165) is 18.0 Å². The SMILES string of the molecule is CN(Cc1ccc(CC(=O)NN)cc1)CC1CCC1. The lowest BCUT2D eigenvalue weighted by Crippen LogP contribution is -2.31. The second-order valence-electron chi connectivity index (χ2n) is 5.55. The highest BCUT2D eigenvalue weighted by atomic mass is 16.2. The molecule has 3 N–H and O–H groups in total. The fourth-order valence-corrected chi connectivity index (χ4v) is 2.49. The third kappa shape index (κ3) is 4.33. The van der Waals surface area contributed by atoms with E-state index in [2.05, 4.69) is 29.5 Å². The van der Waals surface area contributed by atoms with Crippen LogP contribution in [0, 0.1) is 5.92 Å². The Labute approximate surface area is 114 Å². The van der Waals surface area contributed by atoms with E-state index in [9.17, 15) is 4.79 Å². The van der Waals surface area contributed by atoms with Crippen LogP contribution in [0.2, 0.25) is 0 Å². The molecule has 1 aliphatic carbocycles. The van der Waals surface area contributed by atoms with E-state index in [4.69, 9.17) is 5.84 Å². The molecule has 4 nitrogen and oxygen atoms in total. The van der Waals surface area contributed by atoms with Crippen molar-refractivity contribution in [2.45, 2.75) is 32.2 Å². The highest BCUT2D eigenvalue weighted by molar-refractivity contribution is 5.77. The van der Waals surface area contributed by atoms with Crippen LogP contribution in [-0.2, 0) is 17.8 Å². The van der Waals surface area contributed by atoms with Crippen molar-refractivity contribution < 1.29 is 4.79 Å². The highest BCUT2D eigenvalue weighted by Crippen LogP contribution is 2.27. The molecule has 0 atom stereocenters. The molecule has 1 amide bonds.